The van der Waals surface area contributed by atoms with E-state index in [1.807, 2.05) is 31.7 Å². The van der Waals surface area contributed by atoms with Crippen LogP contribution in [0.5, 0.6) is 11.5 Å². The van der Waals surface area contributed by atoms with E-state index in [0.29, 0.717) is 30.8 Å². The molecule has 1 fully saturated rings. The summed E-state index contributed by atoms with van der Waals surface area (Å²) in [7, 11) is -0.555. The molecule has 2 N–H and O–H groups in total. The lowest BCUT2D eigenvalue weighted by atomic mass is 10.0. The molecule has 1 amide bonds. The molecule has 0 spiro atoms. The number of pyridine rings is 2. The Kier molecular flexibility index (Phi) is 12.0. The lowest BCUT2D eigenvalue weighted by molar-refractivity contribution is 0.0492. The van der Waals surface area contributed by atoms with Gasteiger partial charge in [-0.1, -0.05) is 40.7 Å². The summed E-state index contributed by atoms with van der Waals surface area (Å²) in [5.41, 5.74) is 1.28. The maximum atomic E-state index is 16.5. The molecule has 2 atom stereocenters. The molecule has 5 rings (SSSR count). The maximum Gasteiger partial charge on any atom is 0.407 e. The third kappa shape index (κ3) is 8.08. The molecule has 54 heavy (non-hydrogen) atoms. The largest absolute Gasteiger partial charge is 0.504 e. The number of benzene rings is 1. The highest BCUT2D eigenvalue weighted by Crippen LogP contribution is 2.40. The number of carboxylic acid groups (broad SMARTS) is 1. The van der Waals surface area contributed by atoms with E-state index < -0.39 is 38.0 Å². The van der Waals surface area contributed by atoms with Crippen molar-refractivity contribution in [1.29, 1.82) is 0 Å². The number of aryl methyl sites for hydroxylation is 1. The van der Waals surface area contributed by atoms with Gasteiger partial charge in [-0.15, -0.1) is 0 Å². The number of aromatic nitrogens is 4. The number of nitrogens with zero attached hydrogens (tertiary/aromatic N) is 6. The van der Waals surface area contributed by atoms with Crippen LogP contribution in [0.15, 0.2) is 41.3 Å². The number of phenols is 1. The van der Waals surface area contributed by atoms with E-state index in [4.69, 9.17) is 23.9 Å². The summed E-state index contributed by atoms with van der Waals surface area (Å²) < 4.78 is 34.9. The van der Waals surface area contributed by atoms with E-state index >= 15 is 4.39 Å². The Bertz CT molecular complexity index is 2070. The molecule has 0 saturated carbocycles. The van der Waals surface area contributed by atoms with E-state index in [9.17, 15) is 19.8 Å². The Labute approximate surface area is 316 Å². The van der Waals surface area contributed by atoms with Gasteiger partial charge in [-0.2, -0.15) is 4.98 Å². The first-order valence-corrected chi connectivity index (χ1v) is 21.2. The van der Waals surface area contributed by atoms with Crippen molar-refractivity contribution >= 4 is 31.3 Å². The van der Waals surface area contributed by atoms with Gasteiger partial charge in [0.05, 0.1) is 16.8 Å². The second kappa shape index (κ2) is 16.0. The number of hydrogen-bond donors (Lipinski definition) is 2. The van der Waals surface area contributed by atoms with Crippen molar-refractivity contribution in [3.8, 4) is 28.4 Å². The number of rotatable bonds is 12. The zero-order valence-electron chi connectivity index (χ0n) is 32.9. The highest BCUT2D eigenvalue weighted by atomic mass is 28.4. The predicted octanol–water partition coefficient (Wildman–Crippen LogP) is 7.32. The molecule has 3 aromatic heterocycles. The van der Waals surface area contributed by atoms with Crippen molar-refractivity contribution in [2.45, 2.75) is 97.4 Å². The van der Waals surface area contributed by atoms with Crippen LogP contribution in [0.4, 0.5) is 15.0 Å². The predicted molar refractivity (Wildman–Crippen MR) is 209 cm³/mol. The second-order valence-electron chi connectivity index (χ2n) is 15.8. The van der Waals surface area contributed by atoms with Gasteiger partial charge in [0.2, 0.25) is 0 Å². The summed E-state index contributed by atoms with van der Waals surface area (Å²) in [6, 6.07) is 6.96. The number of amides is 1. The molecule has 13 nitrogen and oxygen atoms in total. The topological polar surface area (TPSA) is 152 Å². The Morgan fingerprint density at radius 1 is 1.11 bits per heavy atom. The van der Waals surface area contributed by atoms with Crippen LogP contribution in [-0.4, -0.2) is 94.7 Å². The van der Waals surface area contributed by atoms with Crippen molar-refractivity contribution in [3.05, 3.63) is 64.1 Å². The fourth-order valence-corrected chi connectivity index (χ4v) is 7.64. The molecule has 1 aliphatic heterocycles. The van der Waals surface area contributed by atoms with Gasteiger partial charge in [0, 0.05) is 50.7 Å². The van der Waals surface area contributed by atoms with Gasteiger partial charge in [-0.05, 0) is 80.6 Å². The lowest BCUT2D eigenvalue weighted by Gasteiger charge is -2.43. The zero-order valence-corrected chi connectivity index (χ0v) is 33.9. The molecule has 0 unspecified atom stereocenters. The average Bonchev–Trinajstić information content (AvgIpc) is 3.09. The number of phenolic OH excluding ortho intramolecular Hbond substituents is 1. The molecule has 292 valence electrons. The van der Waals surface area contributed by atoms with Crippen LogP contribution in [0.1, 0.15) is 72.1 Å². The Morgan fingerprint density at radius 2 is 1.83 bits per heavy atom. The van der Waals surface area contributed by atoms with E-state index in [1.165, 1.54) is 34.8 Å². The number of halogens is 1. The number of para-hydroxylation sites is 1. The summed E-state index contributed by atoms with van der Waals surface area (Å²) >= 11 is 0. The van der Waals surface area contributed by atoms with Crippen LogP contribution in [0.25, 0.3) is 28.0 Å². The minimum absolute atomic E-state index is 0.0516. The standard InChI is InChI=1S/C39H53FN6O7Si/c1-23(2)31-33(26(16-17-41-31)13-12-18-53-54(9,10)39(5,6)7)46-36-28(35(43-37(46)48)44-20-25(4)45(38(49)50)21-24(44)3)19-29(40)32(42-36)27-14-11-15-30(34(27)47)52-22-51-8/h11,14-17,19,23-25,47H,12-13,18,20-22H2,1-10H3,(H,49,50)/t24-,25+/m0/s1. The average molecular weight is 765 g/mol. The molecule has 0 aliphatic carbocycles. The summed E-state index contributed by atoms with van der Waals surface area (Å²) in [4.78, 5) is 43.9. The monoisotopic (exact) mass is 764 g/mol. The van der Waals surface area contributed by atoms with Crippen molar-refractivity contribution in [2.75, 3.05) is 38.5 Å². The molecule has 1 saturated heterocycles. The first-order chi connectivity index (χ1) is 25.4. The molecule has 15 heteroatoms. The molecular weight excluding hydrogens is 712 g/mol. The minimum atomic E-state index is -2.00. The summed E-state index contributed by atoms with van der Waals surface area (Å²) in [6.07, 6.45) is 1.92. The normalized spacial score (nSPS) is 16.7. The maximum absolute atomic E-state index is 16.5. The number of fused-ring (bicyclic) bond motifs is 1. The van der Waals surface area contributed by atoms with Gasteiger partial charge in [-0.3, -0.25) is 4.98 Å². The molecule has 0 bridgehead atoms. The number of hydrogen-bond acceptors (Lipinski definition) is 10. The van der Waals surface area contributed by atoms with Gasteiger partial charge in [0.25, 0.3) is 0 Å². The summed E-state index contributed by atoms with van der Waals surface area (Å²) in [5.74, 6) is -0.970. The zero-order chi connectivity index (χ0) is 39.7. The SMILES string of the molecule is COCOc1cccc(-c2nc3c(cc2F)c(N2C[C@@H](C)N(C(=O)O)C[C@@H]2C)nc(=O)n3-c2c(CCCO[Si](C)(C)C(C)(C)C)ccnc2C(C)C)c1O. The van der Waals surface area contributed by atoms with Crippen molar-refractivity contribution in [2.24, 2.45) is 0 Å². The number of aromatic hydroxyl groups is 1. The van der Waals surface area contributed by atoms with Crippen LogP contribution >= 0.6 is 0 Å². The first-order valence-electron chi connectivity index (χ1n) is 18.3. The minimum Gasteiger partial charge on any atom is -0.504 e. The van der Waals surface area contributed by atoms with E-state index in [1.54, 1.807) is 19.2 Å². The number of anilines is 1. The van der Waals surface area contributed by atoms with Gasteiger partial charge >= 0.3 is 11.8 Å². The van der Waals surface area contributed by atoms with E-state index in [-0.39, 0.29) is 70.4 Å². The van der Waals surface area contributed by atoms with Gasteiger partial charge in [0.1, 0.15) is 11.5 Å². The summed E-state index contributed by atoms with van der Waals surface area (Å²) in [6.45, 7) is 19.4. The third-order valence-corrected chi connectivity index (χ3v) is 15.1. The smallest absolute Gasteiger partial charge is 0.407 e. The van der Waals surface area contributed by atoms with Crippen molar-refractivity contribution < 1.29 is 33.3 Å². The van der Waals surface area contributed by atoms with Crippen LogP contribution in [-0.2, 0) is 15.6 Å². The molecule has 4 aromatic rings. The molecule has 4 heterocycles. The Balaban J connectivity index is 1.75. The van der Waals surface area contributed by atoms with Crippen LogP contribution in [0.2, 0.25) is 18.1 Å². The fraction of sp³-hybridized carbons (Fsp3) is 0.513. The van der Waals surface area contributed by atoms with Crippen LogP contribution in [0.3, 0.4) is 0 Å². The second-order valence-corrected chi connectivity index (χ2v) is 20.6. The Hall–Kier alpha value is -4.60. The number of methoxy groups -OCH3 is 1. The first kappa shape index (κ1) is 40.6. The van der Waals surface area contributed by atoms with Crippen LogP contribution < -0.4 is 15.3 Å². The molecule has 1 aliphatic rings. The molecule has 0 radical (unpaired) electrons. The van der Waals surface area contributed by atoms with Gasteiger partial charge in [-0.25, -0.2) is 23.5 Å². The number of ether oxygens (including phenoxy) is 2. The molecule has 1 aromatic carbocycles. The third-order valence-electron chi connectivity index (χ3n) is 10.6. The highest BCUT2D eigenvalue weighted by molar-refractivity contribution is 6.74. The van der Waals surface area contributed by atoms with Gasteiger partial charge in [0.15, 0.2) is 38.1 Å². The number of carbonyl (C=O) groups is 1. The quantitative estimate of drug-likeness (QED) is 0.0848. The van der Waals surface area contributed by atoms with Crippen molar-refractivity contribution in [3.63, 3.8) is 0 Å². The fourth-order valence-electron chi connectivity index (χ4n) is 6.56. The highest BCUT2D eigenvalue weighted by Gasteiger charge is 2.37. The van der Waals surface area contributed by atoms with Crippen LogP contribution in [0, 0.1) is 5.82 Å². The van der Waals surface area contributed by atoms with Crippen molar-refractivity contribution in [1.82, 2.24) is 24.4 Å². The summed E-state index contributed by atoms with van der Waals surface area (Å²) in [5, 5.41) is 21.3. The van der Waals surface area contributed by atoms with E-state index in [0.717, 1.165) is 5.56 Å². The lowest BCUT2D eigenvalue weighted by Crippen LogP contribution is -2.58. The molecular formula is C39H53FN6O7Si. The van der Waals surface area contributed by atoms with E-state index in [2.05, 4.69) is 38.8 Å². The number of piperazine rings is 1. The Morgan fingerprint density at radius 3 is 2.48 bits per heavy atom. The van der Waals surface area contributed by atoms with Gasteiger partial charge < -0.3 is 33.9 Å².